The van der Waals surface area contributed by atoms with Crippen LogP contribution in [0.25, 0.3) is 0 Å². The van der Waals surface area contributed by atoms with E-state index in [0.29, 0.717) is 0 Å². The van der Waals surface area contributed by atoms with Gasteiger partial charge in [0.1, 0.15) is 0 Å². The third kappa shape index (κ3) is 5.19. The fraction of sp³-hybridized carbons (Fsp3) is 0.750. The average Bonchev–Trinajstić information content (AvgIpc) is 2.01. The number of nitrogens with one attached hydrogen (secondary N) is 2. The summed E-state index contributed by atoms with van der Waals surface area (Å²) in [5.41, 5.74) is 4.97. The first-order valence-corrected chi connectivity index (χ1v) is 4.23. The molecule has 0 aliphatic carbocycles. The summed E-state index contributed by atoms with van der Waals surface area (Å²) in [5.74, 6) is -0.541. The van der Waals surface area contributed by atoms with E-state index >= 15 is 0 Å². The number of carbonyl (C=O) groups is 2. The maximum absolute atomic E-state index is 11.2. The normalized spacial score (nSPS) is 14.7. The SMILES string of the molecule is CNC(C)C(=O)NC(C)CC(N)=O. The number of hydrogen-bond acceptors (Lipinski definition) is 3. The Hall–Kier alpha value is -1.10. The Morgan fingerprint density at radius 1 is 1.38 bits per heavy atom. The molecule has 0 spiro atoms. The van der Waals surface area contributed by atoms with E-state index in [2.05, 4.69) is 10.6 Å². The molecule has 5 nitrogen and oxygen atoms in total. The zero-order valence-electron chi connectivity index (χ0n) is 8.26. The summed E-state index contributed by atoms with van der Waals surface area (Å²) in [6.45, 7) is 3.48. The number of nitrogens with two attached hydrogens (primary N) is 1. The van der Waals surface area contributed by atoms with E-state index in [9.17, 15) is 9.59 Å². The molecule has 0 radical (unpaired) electrons. The van der Waals surface area contributed by atoms with Gasteiger partial charge in [0.25, 0.3) is 0 Å². The standard InChI is InChI=1S/C8H17N3O2/c1-5(4-7(9)12)11-8(13)6(2)10-3/h5-6,10H,4H2,1-3H3,(H2,9,12)(H,11,13). The maximum Gasteiger partial charge on any atom is 0.237 e. The molecule has 0 saturated heterocycles. The van der Waals surface area contributed by atoms with Crippen molar-refractivity contribution in [3.63, 3.8) is 0 Å². The summed E-state index contributed by atoms with van der Waals surface area (Å²) in [6, 6.07) is -0.462. The van der Waals surface area contributed by atoms with Crippen molar-refractivity contribution in [2.75, 3.05) is 7.05 Å². The van der Waals surface area contributed by atoms with E-state index in [4.69, 9.17) is 5.73 Å². The van der Waals surface area contributed by atoms with Gasteiger partial charge in [-0.1, -0.05) is 0 Å². The van der Waals surface area contributed by atoms with Crippen molar-refractivity contribution < 1.29 is 9.59 Å². The lowest BCUT2D eigenvalue weighted by molar-refractivity contribution is -0.123. The first kappa shape index (κ1) is 11.9. The van der Waals surface area contributed by atoms with Crippen molar-refractivity contribution in [2.24, 2.45) is 5.73 Å². The van der Waals surface area contributed by atoms with Gasteiger partial charge in [-0.15, -0.1) is 0 Å². The van der Waals surface area contributed by atoms with Crippen LogP contribution in [0, 0.1) is 0 Å². The van der Waals surface area contributed by atoms with Gasteiger partial charge in [0, 0.05) is 12.5 Å². The highest BCUT2D eigenvalue weighted by atomic mass is 16.2. The van der Waals surface area contributed by atoms with Gasteiger partial charge in [-0.25, -0.2) is 0 Å². The first-order chi connectivity index (χ1) is 5.97. The fourth-order valence-electron chi connectivity index (χ4n) is 0.852. The summed E-state index contributed by atoms with van der Waals surface area (Å²) in [5, 5.41) is 5.45. The second kappa shape index (κ2) is 5.53. The molecule has 0 aromatic rings. The van der Waals surface area contributed by atoms with E-state index in [1.54, 1.807) is 20.9 Å². The predicted molar refractivity (Wildman–Crippen MR) is 49.9 cm³/mol. The van der Waals surface area contributed by atoms with Gasteiger partial charge in [0.15, 0.2) is 0 Å². The highest BCUT2D eigenvalue weighted by Crippen LogP contribution is 1.90. The molecular formula is C8H17N3O2. The molecule has 0 aliphatic rings. The number of primary amides is 1. The molecule has 5 heteroatoms. The molecule has 4 N–H and O–H groups in total. The number of amides is 2. The minimum absolute atomic E-state index is 0.128. The molecular weight excluding hydrogens is 170 g/mol. The number of rotatable bonds is 5. The van der Waals surface area contributed by atoms with Crippen LogP contribution in [0.5, 0.6) is 0 Å². The largest absolute Gasteiger partial charge is 0.370 e. The van der Waals surface area contributed by atoms with E-state index in [-0.39, 0.29) is 24.4 Å². The summed E-state index contributed by atoms with van der Waals surface area (Å²) in [7, 11) is 1.70. The Morgan fingerprint density at radius 2 is 1.92 bits per heavy atom. The molecule has 2 unspecified atom stereocenters. The zero-order chi connectivity index (χ0) is 10.4. The molecule has 13 heavy (non-hydrogen) atoms. The Morgan fingerprint density at radius 3 is 2.31 bits per heavy atom. The van der Waals surface area contributed by atoms with Gasteiger partial charge in [-0.2, -0.15) is 0 Å². The van der Waals surface area contributed by atoms with Crippen LogP contribution >= 0.6 is 0 Å². The molecule has 0 bridgehead atoms. The lowest BCUT2D eigenvalue weighted by Gasteiger charge is -2.15. The Balaban J connectivity index is 3.84. The lowest BCUT2D eigenvalue weighted by atomic mass is 10.2. The van der Waals surface area contributed by atoms with Gasteiger partial charge in [0.05, 0.1) is 6.04 Å². The molecule has 0 rings (SSSR count). The molecule has 0 aromatic heterocycles. The van der Waals surface area contributed by atoms with Crippen molar-refractivity contribution in [1.82, 2.24) is 10.6 Å². The Kier molecular flexibility index (Phi) is 5.06. The second-order valence-electron chi connectivity index (χ2n) is 3.09. The molecule has 0 aromatic carbocycles. The third-order valence-corrected chi connectivity index (χ3v) is 1.72. The van der Waals surface area contributed by atoms with Gasteiger partial charge in [-0.3, -0.25) is 9.59 Å². The summed E-state index contributed by atoms with van der Waals surface area (Å²) in [4.78, 5) is 21.7. The second-order valence-corrected chi connectivity index (χ2v) is 3.09. The molecule has 0 aliphatic heterocycles. The maximum atomic E-state index is 11.2. The highest BCUT2D eigenvalue weighted by molar-refractivity contribution is 5.82. The topological polar surface area (TPSA) is 84.2 Å². The highest BCUT2D eigenvalue weighted by Gasteiger charge is 2.13. The van der Waals surface area contributed by atoms with Gasteiger partial charge in [-0.05, 0) is 20.9 Å². The van der Waals surface area contributed by atoms with Crippen molar-refractivity contribution in [3.8, 4) is 0 Å². The molecule has 0 fully saturated rings. The molecule has 76 valence electrons. The minimum Gasteiger partial charge on any atom is -0.370 e. The summed E-state index contributed by atoms with van der Waals surface area (Å²) < 4.78 is 0. The lowest BCUT2D eigenvalue weighted by Crippen LogP contribution is -2.45. The monoisotopic (exact) mass is 187 g/mol. The number of hydrogen-bond donors (Lipinski definition) is 3. The number of carbonyl (C=O) groups excluding carboxylic acids is 2. The zero-order valence-corrected chi connectivity index (χ0v) is 8.26. The Labute approximate surface area is 78.1 Å². The van der Waals surface area contributed by atoms with Crippen LogP contribution in [0.2, 0.25) is 0 Å². The van der Waals surface area contributed by atoms with Crippen LogP contribution in [0.3, 0.4) is 0 Å². The molecule has 0 heterocycles. The van der Waals surface area contributed by atoms with Crippen LogP contribution in [0.1, 0.15) is 20.3 Å². The number of likely N-dealkylation sites (N-methyl/N-ethyl adjacent to an activating group) is 1. The van der Waals surface area contributed by atoms with Crippen LogP contribution in [0.4, 0.5) is 0 Å². The fourth-order valence-corrected chi connectivity index (χ4v) is 0.852. The Bertz CT molecular complexity index is 194. The van der Waals surface area contributed by atoms with Gasteiger partial charge < -0.3 is 16.4 Å². The molecule has 0 saturated carbocycles. The smallest absolute Gasteiger partial charge is 0.237 e. The summed E-state index contributed by atoms with van der Waals surface area (Å²) >= 11 is 0. The van der Waals surface area contributed by atoms with Gasteiger partial charge in [0.2, 0.25) is 11.8 Å². The van der Waals surface area contributed by atoms with Crippen molar-refractivity contribution in [1.29, 1.82) is 0 Å². The van der Waals surface area contributed by atoms with E-state index in [0.717, 1.165) is 0 Å². The average molecular weight is 187 g/mol. The molecule has 2 atom stereocenters. The van der Waals surface area contributed by atoms with Crippen molar-refractivity contribution in [2.45, 2.75) is 32.4 Å². The van der Waals surface area contributed by atoms with E-state index in [1.165, 1.54) is 0 Å². The van der Waals surface area contributed by atoms with Crippen LogP contribution in [-0.4, -0.2) is 30.9 Å². The van der Waals surface area contributed by atoms with Gasteiger partial charge >= 0.3 is 0 Å². The first-order valence-electron chi connectivity index (χ1n) is 4.23. The quantitative estimate of drug-likeness (QED) is 0.515. The van der Waals surface area contributed by atoms with Crippen LogP contribution in [0.15, 0.2) is 0 Å². The third-order valence-electron chi connectivity index (χ3n) is 1.72. The van der Waals surface area contributed by atoms with E-state index in [1.807, 2.05) is 0 Å². The van der Waals surface area contributed by atoms with E-state index < -0.39 is 5.91 Å². The van der Waals surface area contributed by atoms with Crippen LogP contribution in [-0.2, 0) is 9.59 Å². The molecule has 2 amide bonds. The van der Waals surface area contributed by atoms with Crippen molar-refractivity contribution >= 4 is 11.8 Å². The minimum atomic E-state index is -0.412. The predicted octanol–water partition coefficient (Wildman–Crippen LogP) is -1.03. The van der Waals surface area contributed by atoms with Crippen LogP contribution < -0.4 is 16.4 Å². The summed E-state index contributed by atoms with van der Waals surface area (Å²) in [6.07, 6.45) is 0.169. The van der Waals surface area contributed by atoms with Crippen molar-refractivity contribution in [3.05, 3.63) is 0 Å².